The van der Waals surface area contributed by atoms with Gasteiger partial charge in [0.1, 0.15) is 24.6 Å². The van der Waals surface area contributed by atoms with Gasteiger partial charge in [-0.15, -0.1) is 0 Å². The highest BCUT2D eigenvalue weighted by atomic mass is 35.5. The average Bonchev–Trinajstić information content (AvgIpc) is 3.57. The molecule has 334 valence electrons. The molecular weight excluding hydrogens is 815 g/mol. The summed E-state index contributed by atoms with van der Waals surface area (Å²) in [6.07, 6.45) is 19.3. The molecule has 4 saturated carbocycles. The minimum Gasteiger partial charge on any atom is -0.506 e. The van der Waals surface area contributed by atoms with Crippen LogP contribution in [0, 0.1) is 58.2 Å². The van der Waals surface area contributed by atoms with Gasteiger partial charge in [-0.3, -0.25) is 19.2 Å². The fourth-order valence-corrected chi connectivity index (χ4v) is 13.3. The van der Waals surface area contributed by atoms with Crippen molar-refractivity contribution in [1.82, 2.24) is 10.6 Å². The third-order valence-electron chi connectivity index (χ3n) is 15.9. The van der Waals surface area contributed by atoms with Gasteiger partial charge >= 0.3 is 11.9 Å². The Morgan fingerprint density at radius 2 is 1.31 bits per heavy atom. The lowest BCUT2D eigenvalue weighted by Crippen LogP contribution is -2.53. The molecule has 2 aromatic carbocycles. The van der Waals surface area contributed by atoms with Gasteiger partial charge in [-0.1, -0.05) is 83.2 Å². The maximum atomic E-state index is 13.0. The first-order valence-corrected chi connectivity index (χ1v) is 23.3. The number of carbonyl (C=O) groups excluding carboxylic acids is 2. The predicted octanol–water partition coefficient (Wildman–Crippen LogP) is 11.0. The smallest absolute Gasteiger partial charge is 0.322 e. The summed E-state index contributed by atoms with van der Waals surface area (Å²) in [6.45, 7) is 11.2. The second-order valence-electron chi connectivity index (χ2n) is 19.9. The molecule has 6 rings (SSSR count). The number of carbonyl (C=O) groups is 4. The lowest BCUT2D eigenvalue weighted by molar-refractivity contribution is -0.136. The molecule has 0 saturated heterocycles. The van der Waals surface area contributed by atoms with Crippen LogP contribution in [0.25, 0.3) is 5.57 Å². The molecule has 9 atom stereocenters. The average molecular weight is 882 g/mol. The van der Waals surface area contributed by atoms with Crippen molar-refractivity contribution in [3.63, 3.8) is 0 Å². The highest BCUT2D eigenvalue weighted by Crippen LogP contribution is 2.69. The molecule has 2 amide bonds. The maximum absolute atomic E-state index is 13.0. The number of aliphatic carboxylic acids is 2. The maximum Gasteiger partial charge on any atom is 0.322 e. The first-order valence-electron chi connectivity index (χ1n) is 22.6. The second kappa shape index (κ2) is 19.3. The van der Waals surface area contributed by atoms with E-state index in [-0.39, 0.29) is 21.2 Å². The molecule has 2 aromatic rings. The Kier molecular flexibility index (Phi) is 14.8. The largest absolute Gasteiger partial charge is 0.506 e. The minimum absolute atomic E-state index is 0.150. The van der Waals surface area contributed by atoms with Crippen LogP contribution in [-0.4, -0.2) is 57.3 Å². The molecular formula is C49H66Cl2N2O8. The van der Waals surface area contributed by atoms with E-state index >= 15 is 0 Å². The number of carboxylic acids is 2. The van der Waals surface area contributed by atoms with E-state index in [1.165, 1.54) is 94.9 Å². The lowest BCUT2D eigenvalue weighted by atomic mass is 9.44. The number of halogens is 2. The number of hydrogen-bond acceptors (Lipinski definition) is 6. The van der Waals surface area contributed by atoms with Crippen molar-refractivity contribution in [1.29, 1.82) is 0 Å². The third-order valence-corrected chi connectivity index (χ3v) is 16.5. The zero-order chi connectivity index (χ0) is 44.4. The van der Waals surface area contributed by atoms with E-state index in [0.717, 1.165) is 48.3 Å². The highest BCUT2D eigenvalue weighted by molar-refractivity contribution is 6.33. The number of nitrogens with one attached hydrogen (secondary N) is 2. The monoisotopic (exact) mass is 880 g/mol. The Morgan fingerprint density at radius 1 is 0.754 bits per heavy atom. The molecule has 0 bridgehead atoms. The Balaban J connectivity index is 1.21. The zero-order valence-electron chi connectivity index (χ0n) is 36.5. The topological polar surface area (TPSA) is 173 Å². The minimum atomic E-state index is -1.26. The van der Waals surface area contributed by atoms with Crippen LogP contribution in [0.15, 0.2) is 30.3 Å². The van der Waals surface area contributed by atoms with Gasteiger partial charge in [0.25, 0.3) is 11.8 Å². The van der Waals surface area contributed by atoms with Crippen molar-refractivity contribution in [2.45, 2.75) is 125 Å². The zero-order valence-corrected chi connectivity index (χ0v) is 38.0. The van der Waals surface area contributed by atoms with Gasteiger partial charge in [-0.05, 0) is 170 Å². The molecule has 4 aliphatic carbocycles. The molecule has 0 aliphatic heterocycles. The summed E-state index contributed by atoms with van der Waals surface area (Å²) >= 11 is 13.0. The molecule has 0 aromatic heterocycles. The van der Waals surface area contributed by atoms with Crippen molar-refractivity contribution in [2.75, 3.05) is 13.1 Å². The first kappa shape index (κ1) is 46.7. The van der Waals surface area contributed by atoms with Crippen LogP contribution in [0.5, 0.6) is 11.5 Å². The van der Waals surface area contributed by atoms with Crippen LogP contribution in [0.1, 0.15) is 156 Å². The van der Waals surface area contributed by atoms with Crippen LogP contribution in [0.2, 0.25) is 10.0 Å². The third kappa shape index (κ3) is 10.1. The van der Waals surface area contributed by atoms with Crippen LogP contribution in [-0.2, 0) is 9.59 Å². The van der Waals surface area contributed by atoms with Crippen molar-refractivity contribution >= 4 is 52.5 Å². The quantitative estimate of drug-likeness (QED) is 0.0966. The Hall–Kier alpha value is -3.76. The summed E-state index contributed by atoms with van der Waals surface area (Å²) in [6, 6.07) is 5.74. The van der Waals surface area contributed by atoms with E-state index in [4.69, 9.17) is 33.4 Å². The Bertz CT molecular complexity index is 1930. The van der Waals surface area contributed by atoms with Gasteiger partial charge < -0.3 is 31.1 Å². The van der Waals surface area contributed by atoms with Crippen LogP contribution >= 0.6 is 23.2 Å². The fraction of sp³-hybridized carbons (Fsp3) is 0.633. The SMILES string of the molecule is CC(C)CCCC(C)[C@H]1CCC2C3CCC4C[C@@H](CCC=C(c5cc(Cl)c(O)c(C(=O)NCC(=O)O)c5)c5cc(Cl)c(O)c(C(=O)NCC(=O)O)c5)CC[C@]4(C)C3CC[C@@]21C. The van der Waals surface area contributed by atoms with E-state index < -0.39 is 48.3 Å². The molecule has 12 heteroatoms. The lowest BCUT2D eigenvalue weighted by Gasteiger charge is -2.61. The number of fused-ring (bicyclic) bond motifs is 5. The number of phenols is 2. The summed E-state index contributed by atoms with van der Waals surface area (Å²) in [5, 5.41) is 44.0. The molecule has 0 heterocycles. The number of benzene rings is 2. The summed E-state index contributed by atoms with van der Waals surface area (Å²) in [5.41, 5.74) is 1.63. The summed E-state index contributed by atoms with van der Waals surface area (Å²) in [7, 11) is 0. The normalized spacial score (nSPS) is 28.5. The van der Waals surface area contributed by atoms with Gasteiger partial charge in [-0.2, -0.15) is 0 Å². The van der Waals surface area contributed by atoms with E-state index in [1.54, 1.807) is 0 Å². The van der Waals surface area contributed by atoms with Gasteiger partial charge in [0, 0.05) is 0 Å². The summed E-state index contributed by atoms with van der Waals surface area (Å²) in [4.78, 5) is 48.5. The molecule has 5 unspecified atom stereocenters. The molecule has 0 radical (unpaired) electrons. The number of carboxylic acid groups (broad SMARTS) is 2. The fourth-order valence-electron chi connectivity index (χ4n) is 12.9. The number of rotatable bonds is 16. The second-order valence-corrected chi connectivity index (χ2v) is 20.7. The van der Waals surface area contributed by atoms with E-state index in [9.17, 15) is 29.4 Å². The van der Waals surface area contributed by atoms with Crippen molar-refractivity contribution in [3.8, 4) is 11.5 Å². The van der Waals surface area contributed by atoms with Gasteiger partial charge in [0.05, 0.1) is 21.2 Å². The van der Waals surface area contributed by atoms with Gasteiger partial charge in [0.15, 0.2) is 0 Å². The number of amides is 2. The van der Waals surface area contributed by atoms with E-state index in [2.05, 4.69) is 45.3 Å². The summed E-state index contributed by atoms with van der Waals surface area (Å²) in [5.74, 6) is 0.810. The first-order chi connectivity index (χ1) is 28.8. The number of phenolic OH excluding ortho intramolecular Hbond substituents is 2. The Morgan fingerprint density at radius 3 is 1.87 bits per heavy atom. The number of allylic oxidation sites excluding steroid dienone is 1. The van der Waals surface area contributed by atoms with Crippen LogP contribution < -0.4 is 10.6 Å². The van der Waals surface area contributed by atoms with Crippen molar-refractivity contribution in [3.05, 3.63) is 62.6 Å². The Labute approximate surface area is 371 Å². The van der Waals surface area contributed by atoms with Gasteiger partial charge in [-0.25, -0.2) is 0 Å². The number of hydrogen-bond donors (Lipinski definition) is 6. The molecule has 6 N–H and O–H groups in total. The number of aromatic hydroxyl groups is 2. The summed E-state index contributed by atoms with van der Waals surface area (Å²) < 4.78 is 0. The molecule has 61 heavy (non-hydrogen) atoms. The molecule has 4 aliphatic rings. The van der Waals surface area contributed by atoms with E-state index in [1.807, 2.05) is 6.08 Å². The van der Waals surface area contributed by atoms with Crippen LogP contribution in [0.3, 0.4) is 0 Å². The molecule has 4 fully saturated rings. The van der Waals surface area contributed by atoms with Crippen molar-refractivity contribution < 1.29 is 39.6 Å². The molecule has 0 spiro atoms. The highest BCUT2D eigenvalue weighted by Gasteiger charge is 2.60. The van der Waals surface area contributed by atoms with Gasteiger partial charge in [0.2, 0.25) is 0 Å². The van der Waals surface area contributed by atoms with Crippen molar-refractivity contribution in [2.24, 2.45) is 58.2 Å². The van der Waals surface area contributed by atoms with E-state index in [0.29, 0.717) is 45.8 Å². The van der Waals surface area contributed by atoms with Crippen LogP contribution in [0.4, 0.5) is 0 Å². The standard InChI is InChI=1S/C49H66Cl2N2O8/c1-27(2)8-6-9-28(3)37-14-15-38-34-13-12-32-20-29(16-18-48(32,4)39(34)17-19-49(37,38)5)10-7-11-33(30-21-35(44(58)40(50)23-30)46(60)52-25-42(54)55)31-22-36(45(59)41(51)24-31)47(61)53-26-43(56)57/h11,21-24,27-29,32,34,37-39,58-59H,6-10,12-20,25-26H2,1-5H3,(H,52,60)(H,53,61)(H,54,55)(H,56,57)/t28?,29-,32?,34?,37+,38?,39?,48-,49+/m0/s1. The molecule has 10 nitrogen and oxygen atoms in total. The predicted molar refractivity (Wildman–Crippen MR) is 239 cm³/mol.